The van der Waals surface area contributed by atoms with Crippen LogP contribution in [0, 0.1) is 0 Å². The lowest BCUT2D eigenvalue weighted by molar-refractivity contribution is -0.137. The maximum Gasteiger partial charge on any atom is 0.303 e. The molecule has 0 aromatic heterocycles. The van der Waals surface area contributed by atoms with Gasteiger partial charge in [-0.2, -0.15) is 0 Å². The molecule has 0 bridgehead atoms. The number of benzene rings is 3. The molecule has 4 rings (SSSR count). The second kappa shape index (κ2) is 11.3. The average Bonchev–Trinajstić information content (AvgIpc) is 3.14. The zero-order valence-corrected chi connectivity index (χ0v) is 20.6. The molecule has 1 aliphatic rings. The Balaban J connectivity index is 1.35. The zero-order valence-electron chi connectivity index (χ0n) is 20.6. The number of aryl methyl sites for hydroxylation is 1. The fourth-order valence-corrected chi connectivity index (χ4v) is 4.79. The molecule has 0 saturated carbocycles. The van der Waals surface area contributed by atoms with Crippen LogP contribution in [0.4, 0.5) is 5.69 Å². The fourth-order valence-electron chi connectivity index (χ4n) is 4.79. The maximum absolute atomic E-state index is 10.7. The van der Waals surface area contributed by atoms with E-state index >= 15 is 0 Å². The lowest BCUT2D eigenvalue weighted by Crippen LogP contribution is -2.31. The molecule has 35 heavy (non-hydrogen) atoms. The van der Waals surface area contributed by atoms with E-state index in [1.165, 1.54) is 16.7 Å². The minimum absolute atomic E-state index is 0.118. The van der Waals surface area contributed by atoms with Crippen molar-refractivity contribution in [1.82, 2.24) is 0 Å². The van der Waals surface area contributed by atoms with E-state index in [1.807, 2.05) is 12.1 Å². The molecule has 5 heteroatoms. The predicted molar refractivity (Wildman–Crippen MR) is 140 cm³/mol. The van der Waals surface area contributed by atoms with E-state index in [0.29, 0.717) is 19.6 Å². The van der Waals surface area contributed by atoms with Gasteiger partial charge < -0.3 is 19.9 Å². The lowest BCUT2D eigenvalue weighted by Gasteiger charge is -2.31. The van der Waals surface area contributed by atoms with Crippen molar-refractivity contribution in [2.75, 3.05) is 18.5 Å². The molecular weight excluding hydrogens is 438 g/mol. The first-order valence-electron chi connectivity index (χ1n) is 12.5. The number of carbonyl (C=O) groups is 1. The van der Waals surface area contributed by atoms with Gasteiger partial charge in [0.2, 0.25) is 0 Å². The van der Waals surface area contributed by atoms with Crippen LogP contribution in [0.3, 0.4) is 0 Å². The summed E-state index contributed by atoms with van der Waals surface area (Å²) in [7, 11) is 0. The molecular formula is C30H35NO4. The monoisotopic (exact) mass is 473 g/mol. The second-order valence-corrected chi connectivity index (χ2v) is 9.43. The summed E-state index contributed by atoms with van der Waals surface area (Å²) in [6.45, 7) is 5.58. The molecule has 0 fully saturated rings. The lowest BCUT2D eigenvalue weighted by atomic mass is 9.80. The molecule has 0 saturated heterocycles. The largest absolute Gasteiger partial charge is 0.494 e. The SMILES string of the molecule is CC1c2c(cccc2OCCCCc2ccccc2)NC1(C)c1ccc(OCCCC(=O)O)cc1. The minimum Gasteiger partial charge on any atom is -0.494 e. The van der Waals surface area contributed by atoms with Gasteiger partial charge in [-0.3, -0.25) is 4.79 Å². The van der Waals surface area contributed by atoms with Crippen molar-refractivity contribution < 1.29 is 19.4 Å². The number of nitrogens with one attached hydrogen (secondary N) is 1. The number of unbranched alkanes of at least 4 members (excludes halogenated alkanes) is 1. The molecule has 1 heterocycles. The summed E-state index contributed by atoms with van der Waals surface area (Å²) in [4.78, 5) is 10.7. The highest BCUT2D eigenvalue weighted by molar-refractivity contribution is 5.68. The molecule has 3 aromatic carbocycles. The van der Waals surface area contributed by atoms with E-state index < -0.39 is 5.97 Å². The summed E-state index contributed by atoms with van der Waals surface area (Å²) in [5.41, 5.74) is 4.63. The van der Waals surface area contributed by atoms with Crippen LogP contribution in [0.15, 0.2) is 72.8 Å². The molecule has 0 radical (unpaired) electrons. The van der Waals surface area contributed by atoms with E-state index in [2.05, 4.69) is 79.8 Å². The van der Waals surface area contributed by atoms with Gasteiger partial charge >= 0.3 is 5.97 Å². The van der Waals surface area contributed by atoms with Gasteiger partial charge in [0.05, 0.1) is 18.8 Å². The quantitative estimate of drug-likeness (QED) is 0.284. The van der Waals surface area contributed by atoms with Crippen molar-refractivity contribution in [3.63, 3.8) is 0 Å². The standard InChI is InChI=1S/C30H35NO4/c1-22-29-26(13-8-14-27(29)35-20-7-6-12-23-10-4-3-5-11-23)31-30(22,2)24-16-18-25(19-17-24)34-21-9-15-28(32)33/h3-5,8,10-11,13-14,16-19,22,31H,6-7,9,12,15,20-21H2,1-2H3,(H,32,33). The Bertz CT molecular complexity index is 1110. The number of aliphatic carboxylic acids is 1. The third-order valence-electron chi connectivity index (χ3n) is 6.98. The van der Waals surface area contributed by atoms with Crippen LogP contribution in [0.2, 0.25) is 0 Å². The van der Waals surface area contributed by atoms with E-state index in [4.69, 9.17) is 14.6 Å². The maximum atomic E-state index is 10.7. The zero-order chi connectivity index (χ0) is 24.7. The van der Waals surface area contributed by atoms with Gasteiger partial charge in [0, 0.05) is 23.6 Å². The Hall–Kier alpha value is -3.47. The second-order valence-electron chi connectivity index (χ2n) is 9.43. The van der Waals surface area contributed by atoms with Gasteiger partial charge in [-0.1, -0.05) is 55.5 Å². The summed E-state index contributed by atoms with van der Waals surface area (Å²) >= 11 is 0. The van der Waals surface area contributed by atoms with Gasteiger partial charge in [-0.25, -0.2) is 0 Å². The van der Waals surface area contributed by atoms with Gasteiger partial charge in [0.25, 0.3) is 0 Å². The molecule has 184 valence electrons. The molecule has 3 aromatic rings. The van der Waals surface area contributed by atoms with Gasteiger partial charge in [-0.05, 0) is 68.0 Å². The Morgan fingerprint density at radius 3 is 2.40 bits per heavy atom. The van der Waals surface area contributed by atoms with Crippen LogP contribution in [-0.4, -0.2) is 24.3 Å². The van der Waals surface area contributed by atoms with Crippen molar-refractivity contribution in [3.8, 4) is 11.5 Å². The summed E-state index contributed by atoms with van der Waals surface area (Å²) < 4.78 is 12.0. The first-order valence-corrected chi connectivity index (χ1v) is 12.5. The highest BCUT2D eigenvalue weighted by Gasteiger charge is 2.42. The van der Waals surface area contributed by atoms with Crippen LogP contribution >= 0.6 is 0 Å². The van der Waals surface area contributed by atoms with E-state index in [0.717, 1.165) is 36.4 Å². The van der Waals surface area contributed by atoms with Crippen molar-refractivity contribution in [3.05, 3.63) is 89.5 Å². The Morgan fingerprint density at radius 1 is 0.914 bits per heavy atom. The molecule has 5 nitrogen and oxygen atoms in total. The summed E-state index contributed by atoms with van der Waals surface area (Å²) in [6.07, 6.45) is 3.82. The normalized spacial score (nSPS) is 18.5. The molecule has 1 aliphatic heterocycles. The van der Waals surface area contributed by atoms with Crippen LogP contribution in [0.1, 0.15) is 62.1 Å². The molecule has 0 spiro atoms. The molecule has 2 unspecified atom stereocenters. The van der Waals surface area contributed by atoms with Crippen molar-refractivity contribution in [1.29, 1.82) is 0 Å². The summed E-state index contributed by atoms with van der Waals surface area (Å²) in [5.74, 6) is 1.14. The smallest absolute Gasteiger partial charge is 0.303 e. The Morgan fingerprint density at radius 2 is 1.66 bits per heavy atom. The average molecular weight is 474 g/mol. The van der Waals surface area contributed by atoms with Crippen LogP contribution in [-0.2, 0) is 16.8 Å². The van der Waals surface area contributed by atoms with Crippen molar-refractivity contribution >= 4 is 11.7 Å². The topological polar surface area (TPSA) is 67.8 Å². The number of ether oxygens (including phenoxy) is 2. The van der Waals surface area contributed by atoms with Crippen LogP contribution in [0.5, 0.6) is 11.5 Å². The first-order chi connectivity index (χ1) is 17.0. The highest BCUT2D eigenvalue weighted by Crippen LogP contribution is 2.51. The van der Waals surface area contributed by atoms with Crippen LogP contribution in [0.25, 0.3) is 0 Å². The summed E-state index contributed by atoms with van der Waals surface area (Å²) in [5, 5.41) is 12.5. The Labute approximate surface area is 208 Å². The Kier molecular flexibility index (Phi) is 7.96. The molecule has 2 N–H and O–H groups in total. The van der Waals surface area contributed by atoms with E-state index in [9.17, 15) is 4.79 Å². The van der Waals surface area contributed by atoms with E-state index in [1.54, 1.807) is 0 Å². The first kappa shape index (κ1) is 24.6. The fraction of sp³-hybridized carbons (Fsp3) is 0.367. The van der Waals surface area contributed by atoms with Gasteiger partial charge in [0.1, 0.15) is 11.5 Å². The highest BCUT2D eigenvalue weighted by atomic mass is 16.5. The minimum atomic E-state index is -0.798. The number of carboxylic acid groups (broad SMARTS) is 1. The number of fused-ring (bicyclic) bond motifs is 1. The summed E-state index contributed by atoms with van der Waals surface area (Å²) in [6, 6.07) is 24.9. The molecule has 0 amide bonds. The number of rotatable bonds is 12. The van der Waals surface area contributed by atoms with Crippen molar-refractivity contribution in [2.24, 2.45) is 0 Å². The number of anilines is 1. The number of hydrogen-bond acceptors (Lipinski definition) is 4. The van der Waals surface area contributed by atoms with Gasteiger partial charge in [0.15, 0.2) is 0 Å². The number of hydrogen-bond donors (Lipinski definition) is 2. The van der Waals surface area contributed by atoms with E-state index in [-0.39, 0.29) is 17.9 Å². The molecule has 2 atom stereocenters. The predicted octanol–water partition coefficient (Wildman–Crippen LogP) is 6.78. The third-order valence-corrected chi connectivity index (χ3v) is 6.98. The number of carboxylic acids is 1. The molecule has 0 aliphatic carbocycles. The van der Waals surface area contributed by atoms with Crippen LogP contribution < -0.4 is 14.8 Å². The third kappa shape index (κ3) is 5.97. The van der Waals surface area contributed by atoms with Crippen molar-refractivity contribution in [2.45, 2.75) is 57.4 Å². The van der Waals surface area contributed by atoms with Gasteiger partial charge in [-0.15, -0.1) is 0 Å².